The van der Waals surface area contributed by atoms with E-state index in [1.807, 2.05) is 0 Å². The van der Waals surface area contributed by atoms with Crippen molar-refractivity contribution in [1.29, 1.82) is 0 Å². The van der Waals surface area contributed by atoms with Gasteiger partial charge in [0.05, 0.1) is 6.61 Å². The Morgan fingerprint density at radius 2 is 2.00 bits per heavy atom. The Labute approximate surface area is 102 Å². The fourth-order valence-electron chi connectivity index (χ4n) is 2.37. The number of carbonyl (C=O) groups excluding carboxylic acids is 1. The van der Waals surface area contributed by atoms with E-state index >= 15 is 0 Å². The molecule has 0 spiro atoms. The van der Waals surface area contributed by atoms with Gasteiger partial charge in [0, 0.05) is 0 Å². The number of carbonyl (C=O) groups is 1. The molecule has 0 amide bonds. The summed E-state index contributed by atoms with van der Waals surface area (Å²) in [5.74, 6) is -0.935. The second-order valence-corrected chi connectivity index (χ2v) is 5.74. The lowest BCUT2D eigenvalue weighted by Crippen LogP contribution is -2.45. The predicted octanol–water partition coefficient (Wildman–Crippen LogP) is 2.61. The molecular weight excluding hydrogens is 223 g/mol. The minimum atomic E-state index is -1.92. The van der Waals surface area contributed by atoms with Crippen LogP contribution in [0.2, 0.25) is 0 Å². The van der Waals surface area contributed by atoms with Crippen molar-refractivity contribution in [2.45, 2.75) is 64.6 Å². The average molecular weight is 246 g/mol. The van der Waals surface area contributed by atoms with Crippen LogP contribution in [0.25, 0.3) is 0 Å². The van der Waals surface area contributed by atoms with Gasteiger partial charge >= 0.3 is 5.97 Å². The Morgan fingerprint density at radius 1 is 1.35 bits per heavy atom. The monoisotopic (exact) mass is 246 g/mol. The number of ether oxygens (including phenoxy) is 1. The Bertz CT molecular complexity index is 278. The molecule has 1 aliphatic carbocycles. The van der Waals surface area contributed by atoms with E-state index in [-0.39, 0.29) is 12.0 Å². The fraction of sp³-hybridized carbons (Fsp3) is 0.923. The van der Waals surface area contributed by atoms with Crippen molar-refractivity contribution in [2.24, 2.45) is 5.41 Å². The van der Waals surface area contributed by atoms with Gasteiger partial charge in [-0.2, -0.15) is 0 Å². The molecule has 1 aliphatic rings. The molecule has 0 saturated heterocycles. The molecule has 3 nitrogen and oxygen atoms in total. The molecule has 0 heterocycles. The van der Waals surface area contributed by atoms with Crippen molar-refractivity contribution < 1.29 is 19.0 Å². The minimum absolute atomic E-state index is 0.110. The van der Waals surface area contributed by atoms with Gasteiger partial charge in [0.1, 0.15) is 5.60 Å². The van der Waals surface area contributed by atoms with Crippen LogP contribution in [0, 0.1) is 5.41 Å². The smallest absolute Gasteiger partial charge is 0.343 e. The second-order valence-electron chi connectivity index (χ2n) is 5.74. The van der Waals surface area contributed by atoms with Crippen LogP contribution in [-0.4, -0.2) is 29.5 Å². The van der Waals surface area contributed by atoms with Crippen LogP contribution in [0.5, 0.6) is 0 Å². The van der Waals surface area contributed by atoms with Gasteiger partial charge in [-0.25, -0.2) is 9.18 Å². The third-order valence-corrected chi connectivity index (χ3v) is 3.66. The van der Waals surface area contributed by atoms with Crippen molar-refractivity contribution in [3.8, 4) is 0 Å². The van der Waals surface area contributed by atoms with Crippen LogP contribution in [0.1, 0.15) is 52.9 Å². The lowest BCUT2D eigenvalue weighted by molar-refractivity contribution is -0.161. The van der Waals surface area contributed by atoms with Gasteiger partial charge in [-0.3, -0.25) is 0 Å². The number of hydrogen-bond acceptors (Lipinski definition) is 3. The topological polar surface area (TPSA) is 46.5 Å². The first-order valence-corrected chi connectivity index (χ1v) is 6.34. The Hall–Kier alpha value is -0.640. The summed E-state index contributed by atoms with van der Waals surface area (Å²) in [4.78, 5) is 11.4. The SMILES string of the molecule is CCOC(=O)C(F)C1(O)CCCC(C)(C)CC1. The van der Waals surface area contributed by atoms with Crippen LogP contribution in [0.15, 0.2) is 0 Å². The first-order chi connectivity index (χ1) is 7.81. The van der Waals surface area contributed by atoms with E-state index in [2.05, 4.69) is 18.6 Å². The number of hydrogen-bond donors (Lipinski definition) is 1. The highest BCUT2D eigenvalue weighted by molar-refractivity contribution is 5.76. The Kier molecular flexibility index (Phi) is 4.53. The summed E-state index contributed by atoms with van der Waals surface area (Å²) >= 11 is 0. The zero-order valence-corrected chi connectivity index (χ0v) is 11.0. The van der Waals surface area contributed by atoms with Crippen LogP contribution in [0.3, 0.4) is 0 Å². The summed E-state index contributed by atoms with van der Waals surface area (Å²) < 4.78 is 18.6. The van der Waals surface area contributed by atoms with Crippen LogP contribution >= 0.6 is 0 Å². The molecule has 17 heavy (non-hydrogen) atoms. The maximum Gasteiger partial charge on any atom is 0.343 e. The van der Waals surface area contributed by atoms with Crippen LogP contribution in [-0.2, 0) is 9.53 Å². The normalized spacial score (nSPS) is 30.4. The first-order valence-electron chi connectivity index (χ1n) is 6.34. The van der Waals surface area contributed by atoms with Gasteiger partial charge in [-0.15, -0.1) is 0 Å². The predicted molar refractivity (Wildman–Crippen MR) is 63.3 cm³/mol. The minimum Gasteiger partial charge on any atom is -0.464 e. The van der Waals surface area contributed by atoms with E-state index in [0.29, 0.717) is 12.8 Å². The summed E-state index contributed by atoms with van der Waals surface area (Å²) in [5.41, 5.74) is -1.43. The van der Waals surface area contributed by atoms with E-state index in [1.54, 1.807) is 6.92 Å². The molecule has 0 radical (unpaired) electrons. The van der Waals surface area contributed by atoms with Gasteiger partial charge < -0.3 is 9.84 Å². The van der Waals surface area contributed by atoms with E-state index in [4.69, 9.17) is 0 Å². The van der Waals surface area contributed by atoms with E-state index < -0.39 is 17.7 Å². The fourth-order valence-corrected chi connectivity index (χ4v) is 2.37. The number of aliphatic hydroxyl groups is 1. The summed E-state index contributed by atoms with van der Waals surface area (Å²) in [6.07, 6.45) is 1.14. The Balaban J connectivity index is 2.70. The quantitative estimate of drug-likeness (QED) is 0.615. The zero-order valence-electron chi connectivity index (χ0n) is 11.0. The maximum absolute atomic E-state index is 14.0. The van der Waals surface area contributed by atoms with Gasteiger partial charge in [-0.1, -0.05) is 13.8 Å². The van der Waals surface area contributed by atoms with Crippen molar-refractivity contribution in [3.63, 3.8) is 0 Å². The van der Waals surface area contributed by atoms with Crippen LogP contribution in [0.4, 0.5) is 4.39 Å². The maximum atomic E-state index is 14.0. The van der Waals surface area contributed by atoms with Gasteiger partial charge in [0.2, 0.25) is 6.17 Å². The lowest BCUT2D eigenvalue weighted by atomic mass is 9.83. The average Bonchev–Trinajstić information content (AvgIpc) is 2.38. The molecule has 1 fully saturated rings. The van der Waals surface area contributed by atoms with E-state index in [9.17, 15) is 14.3 Å². The van der Waals surface area contributed by atoms with Crippen molar-refractivity contribution in [1.82, 2.24) is 0 Å². The molecule has 1 N–H and O–H groups in total. The number of halogens is 1. The number of esters is 1. The first kappa shape index (κ1) is 14.4. The van der Waals surface area contributed by atoms with Gasteiger partial charge in [0.25, 0.3) is 0 Å². The Morgan fingerprint density at radius 3 is 2.59 bits per heavy atom. The van der Waals surface area contributed by atoms with Crippen molar-refractivity contribution in [3.05, 3.63) is 0 Å². The molecule has 4 heteroatoms. The third-order valence-electron chi connectivity index (χ3n) is 3.66. The van der Waals surface area contributed by atoms with Gasteiger partial charge in [0.15, 0.2) is 0 Å². The van der Waals surface area contributed by atoms with Crippen molar-refractivity contribution in [2.75, 3.05) is 6.61 Å². The van der Waals surface area contributed by atoms with E-state index in [1.165, 1.54) is 0 Å². The molecule has 100 valence electrons. The molecule has 0 aromatic carbocycles. The largest absolute Gasteiger partial charge is 0.464 e. The van der Waals surface area contributed by atoms with E-state index in [0.717, 1.165) is 19.3 Å². The molecule has 0 aromatic heterocycles. The van der Waals surface area contributed by atoms with Crippen molar-refractivity contribution >= 4 is 5.97 Å². The van der Waals surface area contributed by atoms with Crippen LogP contribution < -0.4 is 0 Å². The molecular formula is C13H23FO3. The van der Waals surface area contributed by atoms with Gasteiger partial charge in [-0.05, 0) is 44.4 Å². The molecule has 0 aromatic rings. The number of alkyl halides is 1. The number of rotatable bonds is 3. The highest BCUT2D eigenvalue weighted by atomic mass is 19.1. The summed E-state index contributed by atoms with van der Waals surface area (Å²) in [7, 11) is 0. The zero-order chi connectivity index (χ0) is 13.1. The summed E-state index contributed by atoms with van der Waals surface area (Å²) in [6.45, 7) is 5.98. The molecule has 1 rings (SSSR count). The second kappa shape index (κ2) is 5.34. The molecule has 1 saturated carbocycles. The lowest BCUT2D eigenvalue weighted by Gasteiger charge is -2.29. The molecule has 2 unspecified atom stereocenters. The summed E-state index contributed by atoms with van der Waals surface area (Å²) in [6, 6.07) is 0. The molecule has 0 aliphatic heterocycles. The molecule has 0 bridgehead atoms. The highest BCUT2D eigenvalue weighted by Gasteiger charge is 2.45. The standard InChI is InChI=1S/C13H23FO3/c1-4-17-11(15)10(14)13(16)7-5-6-12(2,3)8-9-13/h10,16H,4-9H2,1-3H3. The third kappa shape index (κ3) is 3.66. The summed E-state index contributed by atoms with van der Waals surface area (Å²) in [5, 5.41) is 10.3. The molecule has 2 atom stereocenters. The highest BCUT2D eigenvalue weighted by Crippen LogP contribution is 2.40.